The fourth-order valence-corrected chi connectivity index (χ4v) is 1.61. The quantitative estimate of drug-likeness (QED) is 0.752. The lowest BCUT2D eigenvalue weighted by Crippen LogP contribution is -1.97. The van der Waals surface area contributed by atoms with E-state index in [2.05, 4.69) is 9.97 Å². The largest absolute Gasteiger partial charge is 0.478 e. The van der Waals surface area contributed by atoms with Crippen LogP contribution in [0.3, 0.4) is 0 Å². The number of aromatic nitrogens is 2. The van der Waals surface area contributed by atoms with E-state index in [0.717, 1.165) is 0 Å². The molecule has 0 aliphatic heterocycles. The van der Waals surface area contributed by atoms with Gasteiger partial charge in [-0.1, -0.05) is 11.6 Å². The second kappa shape index (κ2) is 3.47. The van der Waals surface area contributed by atoms with Gasteiger partial charge in [0.2, 0.25) is 0 Å². The van der Waals surface area contributed by atoms with Gasteiger partial charge in [-0.25, -0.2) is 14.8 Å². The normalized spacial score (nSPS) is 10.5. The minimum absolute atomic E-state index is 0.178. The van der Waals surface area contributed by atoms with E-state index in [4.69, 9.17) is 16.7 Å². The number of carbonyl (C=O) groups is 1. The Kier molecular flexibility index (Phi) is 2.28. The van der Waals surface area contributed by atoms with Crippen LogP contribution in [-0.2, 0) is 0 Å². The molecule has 0 saturated heterocycles. The maximum absolute atomic E-state index is 10.7. The zero-order chi connectivity index (χ0) is 11.0. The van der Waals surface area contributed by atoms with Crippen LogP contribution in [0.4, 0.5) is 0 Å². The average molecular weight is 223 g/mol. The fourth-order valence-electron chi connectivity index (χ4n) is 1.33. The summed E-state index contributed by atoms with van der Waals surface area (Å²) in [5.74, 6) is -0.427. The summed E-state index contributed by atoms with van der Waals surface area (Å²) in [7, 11) is 0. The van der Waals surface area contributed by atoms with Crippen molar-refractivity contribution in [1.29, 1.82) is 0 Å². The minimum Gasteiger partial charge on any atom is -0.478 e. The number of fused-ring (bicyclic) bond motifs is 1. The molecule has 5 heteroatoms. The Hall–Kier alpha value is -1.68. The SMILES string of the molecule is Cc1nc(Cl)c2cc(C(=O)O)ccc2n1. The lowest BCUT2D eigenvalue weighted by molar-refractivity contribution is 0.0697. The van der Waals surface area contributed by atoms with E-state index < -0.39 is 5.97 Å². The third-order valence-electron chi connectivity index (χ3n) is 2.01. The minimum atomic E-state index is -0.992. The Bertz CT molecular complexity index is 554. The van der Waals surface area contributed by atoms with Crippen LogP contribution >= 0.6 is 11.6 Å². The van der Waals surface area contributed by atoms with Gasteiger partial charge in [0, 0.05) is 5.39 Å². The highest BCUT2D eigenvalue weighted by atomic mass is 35.5. The molecule has 0 radical (unpaired) electrons. The number of rotatable bonds is 1. The van der Waals surface area contributed by atoms with Crippen LogP contribution in [0.1, 0.15) is 16.2 Å². The Morgan fingerprint density at radius 2 is 2.13 bits per heavy atom. The second-order valence-corrected chi connectivity index (χ2v) is 3.46. The molecule has 0 atom stereocenters. The van der Waals surface area contributed by atoms with Crippen molar-refractivity contribution in [3.63, 3.8) is 0 Å². The first-order chi connectivity index (χ1) is 7.08. The van der Waals surface area contributed by atoms with Crippen molar-refractivity contribution in [3.05, 3.63) is 34.7 Å². The van der Waals surface area contributed by atoms with Crippen molar-refractivity contribution in [2.24, 2.45) is 0 Å². The van der Waals surface area contributed by atoms with Gasteiger partial charge in [0.15, 0.2) is 0 Å². The predicted molar refractivity (Wildman–Crippen MR) is 56.2 cm³/mol. The van der Waals surface area contributed by atoms with E-state index in [9.17, 15) is 4.79 Å². The topological polar surface area (TPSA) is 63.1 Å². The van der Waals surface area contributed by atoms with Crippen LogP contribution in [0.2, 0.25) is 5.15 Å². The third kappa shape index (κ3) is 1.76. The van der Waals surface area contributed by atoms with Gasteiger partial charge in [-0.15, -0.1) is 0 Å². The summed E-state index contributed by atoms with van der Waals surface area (Å²) in [6, 6.07) is 4.59. The molecule has 1 N–H and O–H groups in total. The monoisotopic (exact) mass is 222 g/mol. The maximum Gasteiger partial charge on any atom is 0.335 e. The molecule has 1 aromatic carbocycles. The fraction of sp³-hybridized carbons (Fsp3) is 0.100. The van der Waals surface area contributed by atoms with Crippen molar-refractivity contribution in [2.45, 2.75) is 6.92 Å². The zero-order valence-electron chi connectivity index (χ0n) is 7.86. The molecular formula is C10H7ClN2O2. The van der Waals surface area contributed by atoms with Crippen LogP contribution in [0.25, 0.3) is 10.9 Å². The lowest BCUT2D eigenvalue weighted by Gasteiger charge is -2.02. The summed E-state index contributed by atoms with van der Waals surface area (Å²) in [6.07, 6.45) is 0. The second-order valence-electron chi connectivity index (χ2n) is 3.10. The number of carboxylic acid groups (broad SMARTS) is 1. The van der Waals surface area contributed by atoms with E-state index in [0.29, 0.717) is 16.7 Å². The number of hydrogen-bond donors (Lipinski definition) is 1. The Balaban J connectivity index is 2.76. The van der Waals surface area contributed by atoms with Crippen molar-refractivity contribution >= 4 is 28.5 Å². The van der Waals surface area contributed by atoms with Crippen molar-refractivity contribution in [2.75, 3.05) is 0 Å². The van der Waals surface area contributed by atoms with E-state index in [-0.39, 0.29) is 10.7 Å². The molecule has 76 valence electrons. The Morgan fingerprint density at radius 3 is 2.80 bits per heavy atom. The van der Waals surface area contributed by atoms with Gasteiger partial charge >= 0.3 is 5.97 Å². The molecule has 0 bridgehead atoms. The number of carboxylic acids is 1. The number of hydrogen-bond acceptors (Lipinski definition) is 3. The molecule has 0 saturated carbocycles. The highest BCUT2D eigenvalue weighted by Crippen LogP contribution is 2.21. The summed E-state index contributed by atoms with van der Waals surface area (Å²) >= 11 is 5.89. The number of nitrogens with zero attached hydrogens (tertiary/aromatic N) is 2. The van der Waals surface area contributed by atoms with Gasteiger partial charge in [0.05, 0.1) is 11.1 Å². The van der Waals surface area contributed by atoms with Gasteiger partial charge in [0.25, 0.3) is 0 Å². The average Bonchev–Trinajstić information content (AvgIpc) is 2.16. The standard InChI is InChI=1S/C10H7ClN2O2/c1-5-12-8-3-2-6(10(14)15)4-7(8)9(11)13-5/h2-4H,1H3,(H,14,15). The molecule has 0 spiro atoms. The smallest absolute Gasteiger partial charge is 0.335 e. The van der Waals surface area contributed by atoms with E-state index in [1.165, 1.54) is 12.1 Å². The number of halogens is 1. The lowest BCUT2D eigenvalue weighted by atomic mass is 10.1. The third-order valence-corrected chi connectivity index (χ3v) is 2.30. The molecule has 0 aliphatic carbocycles. The number of benzene rings is 1. The summed E-state index contributed by atoms with van der Waals surface area (Å²) in [5, 5.41) is 9.64. The molecule has 2 aromatic rings. The molecule has 15 heavy (non-hydrogen) atoms. The van der Waals surface area contributed by atoms with Gasteiger partial charge in [-0.3, -0.25) is 0 Å². The van der Waals surface area contributed by atoms with Crippen LogP contribution in [0.5, 0.6) is 0 Å². The highest BCUT2D eigenvalue weighted by molar-refractivity contribution is 6.34. The first kappa shape index (κ1) is 9.86. The van der Waals surface area contributed by atoms with Crippen molar-refractivity contribution < 1.29 is 9.90 Å². The molecule has 0 amide bonds. The molecule has 0 unspecified atom stereocenters. The summed E-state index contributed by atoms with van der Waals surface area (Å²) in [5.41, 5.74) is 0.828. The van der Waals surface area contributed by atoms with E-state index in [1.54, 1.807) is 13.0 Å². The van der Waals surface area contributed by atoms with Gasteiger partial charge < -0.3 is 5.11 Å². The van der Waals surface area contributed by atoms with E-state index >= 15 is 0 Å². The molecule has 1 heterocycles. The van der Waals surface area contributed by atoms with E-state index in [1.807, 2.05) is 0 Å². The van der Waals surface area contributed by atoms with Crippen LogP contribution < -0.4 is 0 Å². The first-order valence-electron chi connectivity index (χ1n) is 4.25. The molecule has 0 fully saturated rings. The van der Waals surface area contributed by atoms with Crippen LogP contribution in [0.15, 0.2) is 18.2 Å². The maximum atomic E-state index is 10.7. The molecule has 1 aromatic heterocycles. The van der Waals surface area contributed by atoms with Gasteiger partial charge in [-0.2, -0.15) is 0 Å². The van der Waals surface area contributed by atoms with Crippen molar-refractivity contribution in [3.8, 4) is 0 Å². The van der Waals surface area contributed by atoms with Gasteiger partial charge in [-0.05, 0) is 25.1 Å². The summed E-state index contributed by atoms with van der Waals surface area (Å²) < 4.78 is 0. The van der Waals surface area contributed by atoms with Crippen LogP contribution in [0, 0.1) is 6.92 Å². The predicted octanol–water partition coefficient (Wildman–Crippen LogP) is 2.29. The zero-order valence-corrected chi connectivity index (χ0v) is 8.62. The molecule has 0 aliphatic rings. The highest BCUT2D eigenvalue weighted by Gasteiger charge is 2.08. The first-order valence-corrected chi connectivity index (χ1v) is 4.63. The molecular weight excluding hydrogens is 216 g/mol. The molecule has 2 rings (SSSR count). The van der Waals surface area contributed by atoms with Gasteiger partial charge in [0.1, 0.15) is 11.0 Å². The number of aromatic carboxylic acids is 1. The molecule has 4 nitrogen and oxygen atoms in total. The Morgan fingerprint density at radius 1 is 1.40 bits per heavy atom. The summed E-state index contributed by atoms with van der Waals surface area (Å²) in [4.78, 5) is 18.9. The summed E-state index contributed by atoms with van der Waals surface area (Å²) in [6.45, 7) is 1.73. The number of aryl methyl sites for hydroxylation is 1. The van der Waals surface area contributed by atoms with Crippen molar-refractivity contribution in [1.82, 2.24) is 9.97 Å². The Labute approximate surface area is 90.5 Å². The van der Waals surface area contributed by atoms with Crippen LogP contribution in [-0.4, -0.2) is 21.0 Å².